The number of hydrogen-bond acceptors (Lipinski definition) is 8. The molecule has 0 saturated carbocycles. The van der Waals surface area contributed by atoms with Crippen LogP contribution < -0.4 is 21.3 Å². The molecule has 2 atom stereocenters. The summed E-state index contributed by atoms with van der Waals surface area (Å²) < 4.78 is 16.3. The highest BCUT2D eigenvalue weighted by Crippen LogP contribution is 2.44. The molecule has 4 aromatic carbocycles. The lowest BCUT2D eigenvalue weighted by Gasteiger charge is -2.23. The van der Waals surface area contributed by atoms with Gasteiger partial charge in [0.1, 0.15) is 31.8 Å². The second kappa shape index (κ2) is 21.1. The molecular formula is C44H50N4O8. The van der Waals surface area contributed by atoms with Crippen LogP contribution in [0.1, 0.15) is 61.3 Å². The van der Waals surface area contributed by atoms with Gasteiger partial charge in [0.25, 0.3) is 0 Å². The van der Waals surface area contributed by atoms with Gasteiger partial charge < -0.3 is 35.5 Å². The van der Waals surface area contributed by atoms with Gasteiger partial charge in [-0.15, -0.1) is 0 Å². The number of carbonyl (C=O) groups excluding carboxylic acids is 5. The third-order valence-corrected chi connectivity index (χ3v) is 9.23. The molecule has 0 spiro atoms. The molecule has 5 rings (SSSR count). The molecular weight excluding hydrogens is 713 g/mol. The summed E-state index contributed by atoms with van der Waals surface area (Å²) in [5.74, 6) is -1.85. The van der Waals surface area contributed by atoms with E-state index in [1.54, 1.807) is 0 Å². The molecule has 0 unspecified atom stereocenters. The highest BCUT2D eigenvalue weighted by Gasteiger charge is 2.30. The fraction of sp³-hybridized carbons (Fsp3) is 0.341. The third-order valence-electron chi connectivity index (χ3n) is 9.23. The average molecular weight is 763 g/mol. The van der Waals surface area contributed by atoms with E-state index in [2.05, 4.69) is 21.3 Å². The quantitative estimate of drug-likeness (QED) is 0.0512. The van der Waals surface area contributed by atoms with Crippen molar-refractivity contribution < 1.29 is 38.2 Å². The average Bonchev–Trinajstić information content (AvgIpc) is 3.53. The van der Waals surface area contributed by atoms with Gasteiger partial charge in [-0.3, -0.25) is 9.59 Å². The topological polar surface area (TPSA) is 161 Å². The van der Waals surface area contributed by atoms with E-state index < -0.39 is 48.6 Å². The number of esters is 1. The van der Waals surface area contributed by atoms with E-state index in [0.717, 1.165) is 33.4 Å². The predicted octanol–water partition coefficient (Wildman–Crippen LogP) is 6.03. The van der Waals surface area contributed by atoms with Gasteiger partial charge in [-0.1, -0.05) is 123 Å². The Morgan fingerprint density at radius 3 is 1.86 bits per heavy atom. The summed E-state index contributed by atoms with van der Waals surface area (Å²) in [5.41, 5.74) is 5.98. The molecule has 0 fully saturated rings. The Morgan fingerprint density at radius 1 is 0.625 bits per heavy atom. The lowest BCUT2D eigenvalue weighted by atomic mass is 9.98. The second-order valence-electron chi connectivity index (χ2n) is 14.1. The Kier molecular flexibility index (Phi) is 15.4. The molecule has 4 amide bonds. The number of benzene rings is 4. The molecule has 0 bridgehead atoms. The van der Waals surface area contributed by atoms with Crippen LogP contribution in [0, 0.1) is 5.92 Å². The van der Waals surface area contributed by atoms with Gasteiger partial charge >= 0.3 is 18.2 Å². The number of ether oxygens (including phenoxy) is 3. The first-order valence-electron chi connectivity index (χ1n) is 19.0. The fourth-order valence-corrected chi connectivity index (χ4v) is 6.42. The van der Waals surface area contributed by atoms with Crippen LogP contribution in [-0.4, -0.2) is 68.4 Å². The summed E-state index contributed by atoms with van der Waals surface area (Å²) in [6.45, 7) is 4.09. The first kappa shape index (κ1) is 41.0. The lowest BCUT2D eigenvalue weighted by Crippen LogP contribution is -2.54. The Bertz CT molecular complexity index is 1880. The SMILES string of the molecule is CC(C)COC(=O)[C@H](CCCCNC(=O)OCc1ccccc1)NC(=O)[C@H](Cc1ccccc1)NC(=O)CNC(=O)OCC1c2ccccc2-c2ccccc21. The normalized spacial score (nSPS) is 12.7. The van der Waals surface area contributed by atoms with Crippen molar-refractivity contribution in [3.05, 3.63) is 131 Å². The Balaban J connectivity index is 1.13. The van der Waals surface area contributed by atoms with Gasteiger partial charge in [0.15, 0.2) is 0 Å². The van der Waals surface area contributed by atoms with Crippen LogP contribution in [0.15, 0.2) is 109 Å². The highest BCUT2D eigenvalue weighted by atomic mass is 16.6. The zero-order chi connectivity index (χ0) is 39.7. The van der Waals surface area contributed by atoms with Crippen LogP contribution in [0.4, 0.5) is 9.59 Å². The maximum atomic E-state index is 13.8. The van der Waals surface area contributed by atoms with Crippen LogP contribution in [0.5, 0.6) is 0 Å². The largest absolute Gasteiger partial charge is 0.464 e. The smallest absolute Gasteiger partial charge is 0.407 e. The first-order chi connectivity index (χ1) is 27.2. The third kappa shape index (κ3) is 12.4. The number of fused-ring (bicyclic) bond motifs is 3. The molecule has 294 valence electrons. The van der Waals surface area contributed by atoms with Crippen molar-refractivity contribution in [3.8, 4) is 11.1 Å². The standard InChI is InChI=1S/C44H50N4O8/c1-30(2)27-54-42(51)38(23-13-14-24-45-43(52)55-28-32-17-7-4-8-18-32)48-41(50)39(25-31-15-5-3-6-16-31)47-40(49)26-46-44(53)56-29-37-35-21-11-9-19-33(35)34-20-10-12-22-36(34)37/h3-12,15-22,30,37-39H,13-14,23-29H2,1-2H3,(H,45,52)(H,46,53)(H,47,49)(H,48,50)/t38-,39-/m0/s1. The van der Waals surface area contributed by atoms with E-state index in [-0.39, 0.29) is 44.5 Å². The van der Waals surface area contributed by atoms with E-state index in [1.165, 1.54) is 0 Å². The number of amides is 4. The first-order valence-corrected chi connectivity index (χ1v) is 19.0. The van der Waals surface area contributed by atoms with Crippen molar-refractivity contribution in [2.24, 2.45) is 5.92 Å². The van der Waals surface area contributed by atoms with Gasteiger partial charge in [0.2, 0.25) is 11.8 Å². The summed E-state index contributed by atoms with van der Waals surface area (Å²) >= 11 is 0. The van der Waals surface area contributed by atoms with E-state index in [4.69, 9.17) is 14.2 Å². The van der Waals surface area contributed by atoms with Crippen molar-refractivity contribution in [3.63, 3.8) is 0 Å². The van der Waals surface area contributed by atoms with Crippen LogP contribution in [0.3, 0.4) is 0 Å². The molecule has 1 aliphatic rings. The van der Waals surface area contributed by atoms with Crippen LogP contribution in [0.25, 0.3) is 11.1 Å². The molecule has 0 heterocycles. The number of rotatable bonds is 19. The van der Waals surface area contributed by atoms with Crippen molar-refractivity contribution >= 4 is 30.0 Å². The highest BCUT2D eigenvalue weighted by molar-refractivity contribution is 5.92. The minimum absolute atomic E-state index is 0.0792. The summed E-state index contributed by atoms with van der Waals surface area (Å²) in [5, 5.41) is 10.7. The molecule has 0 aliphatic heterocycles. The number of hydrogen-bond donors (Lipinski definition) is 4. The predicted molar refractivity (Wildman–Crippen MR) is 211 cm³/mol. The Hall–Kier alpha value is -6.17. The molecule has 0 saturated heterocycles. The van der Waals surface area contributed by atoms with E-state index in [1.807, 2.05) is 123 Å². The second-order valence-corrected chi connectivity index (χ2v) is 14.1. The number of unbranched alkanes of at least 4 members (excludes halogenated alkanes) is 1. The van der Waals surface area contributed by atoms with Crippen molar-refractivity contribution in [2.75, 3.05) is 26.3 Å². The van der Waals surface area contributed by atoms with E-state index in [9.17, 15) is 24.0 Å². The summed E-state index contributed by atoms with van der Waals surface area (Å²) in [4.78, 5) is 65.0. The zero-order valence-corrected chi connectivity index (χ0v) is 31.8. The van der Waals surface area contributed by atoms with Crippen molar-refractivity contribution in [1.29, 1.82) is 0 Å². The molecule has 4 aromatic rings. The summed E-state index contributed by atoms with van der Waals surface area (Å²) in [7, 11) is 0. The molecule has 56 heavy (non-hydrogen) atoms. The van der Waals surface area contributed by atoms with Gasteiger partial charge in [0.05, 0.1) is 6.61 Å². The number of alkyl carbamates (subject to hydrolysis) is 2. The Morgan fingerprint density at radius 2 is 1.21 bits per heavy atom. The lowest BCUT2D eigenvalue weighted by molar-refractivity contribution is -0.149. The molecule has 12 nitrogen and oxygen atoms in total. The monoisotopic (exact) mass is 762 g/mol. The zero-order valence-electron chi connectivity index (χ0n) is 31.8. The summed E-state index contributed by atoms with van der Waals surface area (Å²) in [6.07, 6.45) is 0.0297. The van der Waals surface area contributed by atoms with E-state index >= 15 is 0 Å². The van der Waals surface area contributed by atoms with Gasteiger partial charge in [-0.05, 0) is 58.6 Å². The van der Waals surface area contributed by atoms with Crippen LogP contribution >= 0.6 is 0 Å². The minimum Gasteiger partial charge on any atom is -0.464 e. The molecule has 0 aromatic heterocycles. The van der Waals surface area contributed by atoms with Gasteiger partial charge in [0, 0.05) is 18.9 Å². The fourth-order valence-electron chi connectivity index (χ4n) is 6.42. The minimum atomic E-state index is -1.07. The van der Waals surface area contributed by atoms with Crippen LogP contribution in [-0.2, 0) is 41.6 Å². The molecule has 12 heteroatoms. The van der Waals surface area contributed by atoms with Crippen molar-refractivity contribution in [1.82, 2.24) is 21.3 Å². The van der Waals surface area contributed by atoms with Gasteiger partial charge in [-0.2, -0.15) is 0 Å². The van der Waals surface area contributed by atoms with Gasteiger partial charge in [-0.25, -0.2) is 14.4 Å². The maximum Gasteiger partial charge on any atom is 0.407 e. The number of carbonyl (C=O) groups is 5. The maximum absolute atomic E-state index is 13.8. The number of nitrogens with one attached hydrogen (secondary N) is 4. The Labute approximate surface area is 327 Å². The van der Waals surface area contributed by atoms with E-state index in [0.29, 0.717) is 19.4 Å². The summed E-state index contributed by atoms with van der Waals surface area (Å²) in [6, 6.07) is 32.4. The molecule has 4 N–H and O–H groups in total. The molecule has 0 radical (unpaired) electrons. The van der Waals surface area contributed by atoms with Crippen molar-refractivity contribution in [2.45, 2.75) is 64.1 Å². The molecule has 1 aliphatic carbocycles. The van der Waals surface area contributed by atoms with Crippen LogP contribution in [0.2, 0.25) is 0 Å².